The van der Waals surface area contributed by atoms with Gasteiger partial charge in [-0.05, 0) is 49.8 Å². The van der Waals surface area contributed by atoms with Crippen LogP contribution in [0, 0.1) is 18.3 Å². The largest absolute Gasteiger partial charge is 0.481 e. The second-order valence-electron chi connectivity index (χ2n) is 8.05. The van der Waals surface area contributed by atoms with Crippen LogP contribution in [0.25, 0.3) is 10.9 Å². The minimum absolute atomic E-state index is 0.0607. The number of aliphatic carboxylic acids is 1. The Kier molecular flexibility index (Phi) is 4.35. The summed E-state index contributed by atoms with van der Waals surface area (Å²) in [5.41, 5.74) is 2.31. The highest BCUT2D eigenvalue weighted by molar-refractivity contribution is 5.82. The van der Waals surface area contributed by atoms with Gasteiger partial charge in [-0.2, -0.15) is 0 Å². The maximum absolute atomic E-state index is 11.9. The quantitative estimate of drug-likeness (QED) is 0.860. The monoisotopic (exact) mass is 354 g/mol. The molecule has 1 aliphatic heterocycles. The average Bonchev–Trinajstić information content (AvgIpc) is 3.45. The summed E-state index contributed by atoms with van der Waals surface area (Å²) in [7, 11) is 0. The van der Waals surface area contributed by atoms with Crippen LogP contribution < -0.4 is 4.90 Å². The summed E-state index contributed by atoms with van der Waals surface area (Å²) in [6, 6.07) is 8.13. The number of benzene rings is 1. The fraction of sp³-hybridized carbons (Fsp3) is 0.524. The van der Waals surface area contributed by atoms with Crippen LogP contribution in [0.4, 0.5) is 5.82 Å². The molecule has 0 radical (unpaired) electrons. The second-order valence-corrected chi connectivity index (χ2v) is 8.05. The van der Waals surface area contributed by atoms with Gasteiger partial charge in [0.2, 0.25) is 0 Å². The van der Waals surface area contributed by atoms with Gasteiger partial charge in [-0.3, -0.25) is 4.79 Å². The van der Waals surface area contributed by atoms with Crippen molar-refractivity contribution in [2.45, 2.75) is 45.6 Å². The molecule has 26 heavy (non-hydrogen) atoms. The number of hydrogen-bond acceptors (Lipinski definition) is 4. The summed E-state index contributed by atoms with van der Waals surface area (Å²) in [6.45, 7) is 3.34. The Bertz CT molecular complexity index is 837. The maximum Gasteiger partial charge on any atom is 0.309 e. The molecule has 0 amide bonds. The van der Waals surface area contributed by atoms with E-state index in [9.17, 15) is 15.0 Å². The fourth-order valence-corrected chi connectivity index (χ4v) is 4.23. The topological polar surface area (TPSA) is 73.7 Å². The van der Waals surface area contributed by atoms with Gasteiger partial charge in [-0.1, -0.05) is 25.0 Å². The number of rotatable bonds is 5. The van der Waals surface area contributed by atoms with Gasteiger partial charge in [-0.15, -0.1) is 0 Å². The average molecular weight is 354 g/mol. The van der Waals surface area contributed by atoms with Crippen molar-refractivity contribution in [1.29, 1.82) is 0 Å². The van der Waals surface area contributed by atoms with Crippen molar-refractivity contribution in [1.82, 2.24) is 4.98 Å². The van der Waals surface area contributed by atoms with Gasteiger partial charge in [0.25, 0.3) is 0 Å². The van der Waals surface area contributed by atoms with Crippen LogP contribution in [0.5, 0.6) is 0 Å². The summed E-state index contributed by atoms with van der Waals surface area (Å²) in [6.07, 6.45) is 4.47. The normalized spacial score (nSPS) is 19.7. The van der Waals surface area contributed by atoms with Crippen LogP contribution in [-0.2, 0) is 11.4 Å². The van der Waals surface area contributed by atoms with E-state index < -0.39 is 11.4 Å². The molecule has 2 aliphatic rings. The Morgan fingerprint density at radius 1 is 1.27 bits per heavy atom. The lowest BCUT2D eigenvalue weighted by Crippen LogP contribution is -2.45. The molecule has 5 nitrogen and oxygen atoms in total. The van der Waals surface area contributed by atoms with Crippen molar-refractivity contribution >= 4 is 22.7 Å². The van der Waals surface area contributed by atoms with E-state index in [2.05, 4.69) is 11.0 Å². The number of carboxylic acid groups (broad SMARTS) is 1. The number of hydrogen-bond donors (Lipinski definition) is 2. The van der Waals surface area contributed by atoms with Gasteiger partial charge in [0.15, 0.2) is 0 Å². The lowest BCUT2D eigenvalue weighted by atomic mass is 9.74. The number of aliphatic hydroxyl groups excluding tert-OH is 1. The molecule has 1 aromatic carbocycles. The number of aryl methyl sites for hydroxylation is 1. The van der Waals surface area contributed by atoms with Crippen molar-refractivity contribution in [3.8, 4) is 0 Å². The summed E-state index contributed by atoms with van der Waals surface area (Å²) >= 11 is 0. The molecular weight excluding hydrogens is 328 g/mol. The van der Waals surface area contributed by atoms with Gasteiger partial charge in [-0.25, -0.2) is 4.98 Å². The maximum atomic E-state index is 11.9. The zero-order chi connectivity index (χ0) is 18.3. The third-order valence-electron chi connectivity index (χ3n) is 6.05. The summed E-state index contributed by atoms with van der Waals surface area (Å²) in [4.78, 5) is 18.9. The molecule has 138 valence electrons. The van der Waals surface area contributed by atoms with Crippen LogP contribution in [0.3, 0.4) is 0 Å². The number of aromatic nitrogens is 1. The summed E-state index contributed by atoms with van der Waals surface area (Å²) < 4.78 is 0. The van der Waals surface area contributed by atoms with E-state index in [1.807, 2.05) is 25.1 Å². The molecule has 1 aliphatic carbocycles. The predicted octanol–water partition coefficient (Wildman–Crippen LogP) is 3.51. The number of pyridine rings is 1. The van der Waals surface area contributed by atoms with E-state index in [1.165, 1.54) is 12.8 Å². The summed E-state index contributed by atoms with van der Waals surface area (Å²) in [5, 5.41) is 20.7. The number of anilines is 1. The lowest BCUT2D eigenvalue weighted by molar-refractivity contribution is -0.151. The minimum atomic E-state index is -0.645. The molecular formula is C21H26N2O3. The van der Waals surface area contributed by atoms with Gasteiger partial charge >= 0.3 is 5.97 Å². The van der Waals surface area contributed by atoms with E-state index >= 15 is 0 Å². The number of piperidine rings is 1. The Balaban J connectivity index is 1.61. The van der Waals surface area contributed by atoms with Crippen LogP contribution in [0.15, 0.2) is 24.3 Å². The molecule has 5 heteroatoms. The van der Waals surface area contributed by atoms with Crippen LogP contribution >= 0.6 is 0 Å². The highest BCUT2D eigenvalue weighted by Gasteiger charge is 2.45. The molecule has 0 bridgehead atoms. The van der Waals surface area contributed by atoms with Crippen LogP contribution in [-0.4, -0.2) is 34.3 Å². The number of carboxylic acids is 1. The van der Waals surface area contributed by atoms with E-state index in [4.69, 9.17) is 4.98 Å². The molecule has 2 N–H and O–H groups in total. The first-order valence-electron chi connectivity index (χ1n) is 9.50. The standard InChI is InChI=1S/C21H26N2O3/c1-14-2-5-16-11-17(13-24)19(22-18(16)10-14)23-8-6-21(7-9-23,20(25)26)12-15-3-4-15/h2,5,10-11,15,24H,3-4,6-9,12-13H2,1H3,(H,25,26). The Morgan fingerprint density at radius 3 is 2.62 bits per heavy atom. The van der Waals surface area contributed by atoms with Gasteiger partial charge < -0.3 is 15.1 Å². The van der Waals surface area contributed by atoms with E-state index in [0.717, 1.165) is 34.3 Å². The van der Waals surface area contributed by atoms with Gasteiger partial charge in [0.05, 0.1) is 17.5 Å². The first-order valence-corrected chi connectivity index (χ1v) is 9.50. The molecule has 4 rings (SSSR count). The Hall–Kier alpha value is -2.14. The second kappa shape index (κ2) is 6.54. The third-order valence-corrected chi connectivity index (χ3v) is 6.05. The van der Waals surface area contributed by atoms with E-state index in [0.29, 0.717) is 31.8 Å². The Morgan fingerprint density at radius 2 is 2.00 bits per heavy atom. The number of carbonyl (C=O) groups is 1. The Labute approximate surface area is 153 Å². The third kappa shape index (κ3) is 3.16. The van der Waals surface area contributed by atoms with Crippen LogP contribution in [0.1, 0.15) is 43.2 Å². The number of fused-ring (bicyclic) bond motifs is 1. The summed E-state index contributed by atoms with van der Waals surface area (Å²) in [5.74, 6) is 0.761. The smallest absolute Gasteiger partial charge is 0.309 e. The van der Waals surface area contributed by atoms with Gasteiger partial charge in [0, 0.05) is 24.0 Å². The SMILES string of the molecule is Cc1ccc2cc(CO)c(N3CCC(CC4CC4)(C(=O)O)CC3)nc2c1. The number of aliphatic hydroxyl groups is 1. The van der Waals surface area contributed by atoms with Gasteiger partial charge in [0.1, 0.15) is 5.82 Å². The predicted molar refractivity (Wildman–Crippen MR) is 101 cm³/mol. The molecule has 2 heterocycles. The van der Waals surface area contributed by atoms with Crippen LogP contribution in [0.2, 0.25) is 0 Å². The molecule has 0 unspecified atom stereocenters. The van der Waals surface area contributed by atoms with Crippen molar-refractivity contribution < 1.29 is 15.0 Å². The van der Waals surface area contributed by atoms with Crippen molar-refractivity contribution in [2.75, 3.05) is 18.0 Å². The first kappa shape index (κ1) is 17.3. The van der Waals surface area contributed by atoms with E-state index in [-0.39, 0.29) is 6.61 Å². The zero-order valence-corrected chi connectivity index (χ0v) is 15.2. The van der Waals surface area contributed by atoms with Crippen molar-refractivity contribution in [3.05, 3.63) is 35.4 Å². The molecule has 0 spiro atoms. The van der Waals surface area contributed by atoms with E-state index in [1.54, 1.807) is 0 Å². The highest BCUT2D eigenvalue weighted by atomic mass is 16.4. The zero-order valence-electron chi connectivity index (χ0n) is 15.2. The minimum Gasteiger partial charge on any atom is -0.481 e. The molecule has 0 atom stereocenters. The van der Waals surface area contributed by atoms with Crippen molar-refractivity contribution in [3.63, 3.8) is 0 Å². The number of nitrogens with zero attached hydrogens (tertiary/aromatic N) is 2. The molecule has 1 saturated carbocycles. The molecule has 2 fully saturated rings. The molecule has 1 aromatic heterocycles. The highest BCUT2D eigenvalue weighted by Crippen LogP contribution is 2.46. The first-order chi connectivity index (χ1) is 12.5. The lowest BCUT2D eigenvalue weighted by Gasteiger charge is -2.40. The van der Waals surface area contributed by atoms with Crippen molar-refractivity contribution in [2.24, 2.45) is 11.3 Å². The molecule has 1 saturated heterocycles. The molecule has 2 aromatic rings. The fourth-order valence-electron chi connectivity index (χ4n) is 4.23.